The quantitative estimate of drug-likeness (QED) is 0.275. The van der Waals surface area contributed by atoms with Gasteiger partial charge in [-0.2, -0.15) is 5.10 Å². The number of aromatic nitrogens is 2. The molecule has 39 heavy (non-hydrogen) atoms. The van der Waals surface area contributed by atoms with Gasteiger partial charge in [-0.3, -0.25) is 14.4 Å². The summed E-state index contributed by atoms with van der Waals surface area (Å²) in [6.07, 6.45) is 8.41. The van der Waals surface area contributed by atoms with Gasteiger partial charge in [0.15, 0.2) is 0 Å². The number of amides is 1. The number of halogens is 3. The van der Waals surface area contributed by atoms with Gasteiger partial charge >= 0.3 is 0 Å². The van der Waals surface area contributed by atoms with Gasteiger partial charge in [-0.1, -0.05) is 46.9 Å². The Kier molecular flexibility index (Phi) is 9.39. The van der Waals surface area contributed by atoms with Crippen LogP contribution < -0.4 is 4.74 Å². The van der Waals surface area contributed by atoms with Crippen LogP contribution in [0.5, 0.6) is 5.75 Å². The summed E-state index contributed by atoms with van der Waals surface area (Å²) in [7, 11) is 0. The molecule has 9 heteroatoms. The first-order valence-corrected chi connectivity index (χ1v) is 14.9. The summed E-state index contributed by atoms with van der Waals surface area (Å²) in [4.78, 5) is 18.3. The molecule has 3 heterocycles. The van der Waals surface area contributed by atoms with Crippen LogP contribution in [0.2, 0.25) is 15.1 Å². The molecule has 2 saturated heterocycles. The lowest BCUT2D eigenvalue weighted by Crippen LogP contribution is -2.43. The molecule has 208 valence electrons. The number of carbonyl (C=O) groups is 1. The number of carbonyl (C=O) groups excluding carboxylic acids is 1. The molecule has 1 aromatic heterocycles. The average molecular weight is 590 g/mol. The second-order valence-corrected chi connectivity index (χ2v) is 11.9. The van der Waals surface area contributed by atoms with Crippen molar-refractivity contribution in [2.45, 2.75) is 51.0 Å². The summed E-state index contributed by atoms with van der Waals surface area (Å²) < 4.78 is 8.02. The number of likely N-dealkylation sites (tertiary alicyclic amines) is 2. The highest BCUT2D eigenvalue weighted by atomic mass is 35.5. The first-order valence-electron chi connectivity index (χ1n) is 13.8. The molecule has 2 aliphatic rings. The zero-order chi connectivity index (χ0) is 27.4. The van der Waals surface area contributed by atoms with Gasteiger partial charge in [0.05, 0.1) is 6.20 Å². The summed E-state index contributed by atoms with van der Waals surface area (Å²) in [5, 5.41) is 6.30. The Labute approximate surface area is 245 Å². The van der Waals surface area contributed by atoms with Gasteiger partial charge in [0.1, 0.15) is 18.4 Å². The second-order valence-electron chi connectivity index (χ2n) is 10.6. The van der Waals surface area contributed by atoms with Crippen molar-refractivity contribution >= 4 is 40.7 Å². The number of nitrogens with zero attached hydrogens (tertiary/aromatic N) is 4. The highest BCUT2D eigenvalue weighted by Crippen LogP contribution is 2.37. The van der Waals surface area contributed by atoms with Crippen LogP contribution in [0.1, 0.15) is 54.3 Å². The van der Waals surface area contributed by atoms with E-state index in [2.05, 4.69) is 16.1 Å². The van der Waals surface area contributed by atoms with E-state index < -0.39 is 6.04 Å². The van der Waals surface area contributed by atoms with Crippen molar-refractivity contribution < 1.29 is 9.53 Å². The molecule has 0 N–H and O–H groups in total. The van der Waals surface area contributed by atoms with Crippen LogP contribution in [-0.4, -0.2) is 64.8 Å². The van der Waals surface area contributed by atoms with Crippen molar-refractivity contribution in [3.63, 3.8) is 0 Å². The Morgan fingerprint density at radius 2 is 1.74 bits per heavy atom. The van der Waals surface area contributed by atoms with Gasteiger partial charge in [0.2, 0.25) is 5.91 Å². The van der Waals surface area contributed by atoms with E-state index in [-0.39, 0.29) is 5.91 Å². The Morgan fingerprint density at radius 1 is 1.03 bits per heavy atom. The first-order chi connectivity index (χ1) is 18.9. The van der Waals surface area contributed by atoms with Gasteiger partial charge in [0, 0.05) is 47.3 Å². The fourth-order valence-electron chi connectivity index (χ4n) is 5.68. The lowest BCUT2D eigenvalue weighted by Gasteiger charge is -2.35. The molecule has 0 radical (unpaired) electrons. The number of hydrogen-bond donors (Lipinski definition) is 0. The van der Waals surface area contributed by atoms with Crippen LogP contribution in [0.4, 0.5) is 0 Å². The second kappa shape index (κ2) is 12.9. The minimum absolute atomic E-state index is 0.0563. The molecular formula is C30H35Cl3N4O2. The molecule has 5 rings (SSSR count). The first kappa shape index (κ1) is 28.3. The number of hydrogen-bond acceptors (Lipinski definition) is 4. The Morgan fingerprint density at radius 3 is 2.44 bits per heavy atom. The lowest BCUT2D eigenvalue weighted by molar-refractivity contribution is -0.136. The third-order valence-corrected chi connectivity index (χ3v) is 8.67. The Bertz CT molecular complexity index is 1280. The zero-order valence-corrected chi connectivity index (χ0v) is 24.6. The molecular weight excluding hydrogens is 555 g/mol. The summed E-state index contributed by atoms with van der Waals surface area (Å²) in [6, 6.07) is 10.9. The average Bonchev–Trinajstić information content (AvgIpc) is 3.60. The minimum Gasteiger partial charge on any atom is -0.492 e. The number of piperidine rings is 1. The van der Waals surface area contributed by atoms with Crippen molar-refractivity contribution in [1.82, 2.24) is 19.6 Å². The predicted octanol–water partition coefficient (Wildman–Crippen LogP) is 6.82. The maximum Gasteiger partial charge on any atom is 0.247 e. The predicted molar refractivity (Wildman–Crippen MR) is 157 cm³/mol. The highest BCUT2D eigenvalue weighted by molar-refractivity contribution is 6.35. The summed E-state index contributed by atoms with van der Waals surface area (Å²) in [5.74, 6) is 1.23. The molecule has 0 spiro atoms. The Hall–Kier alpha value is -2.25. The van der Waals surface area contributed by atoms with Crippen LogP contribution in [-0.2, 0) is 11.2 Å². The summed E-state index contributed by atoms with van der Waals surface area (Å²) in [5.41, 5.74) is 3.06. The molecule has 1 amide bonds. The van der Waals surface area contributed by atoms with Gasteiger partial charge in [-0.05, 0) is 92.6 Å². The van der Waals surface area contributed by atoms with E-state index in [1.54, 1.807) is 23.0 Å². The topological polar surface area (TPSA) is 50.6 Å². The molecule has 3 aromatic rings. The lowest BCUT2D eigenvalue weighted by atomic mass is 9.88. The largest absolute Gasteiger partial charge is 0.492 e. The van der Waals surface area contributed by atoms with Gasteiger partial charge < -0.3 is 9.64 Å². The monoisotopic (exact) mass is 588 g/mol. The smallest absolute Gasteiger partial charge is 0.247 e. The SMILES string of the molecule is Cc1cnn([C@H](Cc2ccc(Cl)cc2Cl)C(=O)N2CCC(c3ccc(Cl)cc3OCCN3CCCC3)CC2)c1. The molecule has 0 unspecified atom stereocenters. The van der Waals surface area contributed by atoms with E-state index >= 15 is 0 Å². The number of benzene rings is 2. The maximum absolute atomic E-state index is 13.9. The molecule has 2 fully saturated rings. The molecule has 1 atom stereocenters. The highest BCUT2D eigenvalue weighted by Gasteiger charge is 2.32. The number of aryl methyl sites for hydroxylation is 1. The van der Waals surface area contributed by atoms with Crippen LogP contribution in [0.3, 0.4) is 0 Å². The van der Waals surface area contributed by atoms with Crippen molar-refractivity contribution in [3.8, 4) is 5.75 Å². The molecule has 2 aromatic carbocycles. The maximum atomic E-state index is 13.9. The van der Waals surface area contributed by atoms with Crippen molar-refractivity contribution in [2.75, 3.05) is 39.3 Å². The van der Waals surface area contributed by atoms with Gasteiger partial charge in [-0.25, -0.2) is 0 Å². The van der Waals surface area contributed by atoms with Gasteiger partial charge in [0.25, 0.3) is 0 Å². The van der Waals surface area contributed by atoms with Crippen LogP contribution in [0, 0.1) is 6.92 Å². The van der Waals surface area contributed by atoms with E-state index in [9.17, 15) is 4.79 Å². The molecule has 0 aliphatic carbocycles. The van der Waals surface area contributed by atoms with Crippen molar-refractivity contribution in [1.29, 1.82) is 0 Å². The Balaban J connectivity index is 1.26. The third kappa shape index (κ3) is 7.10. The van der Waals surface area contributed by atoms with E-state index in [0.29, 0.717) is 47.1 Å². The van der Waals surface area contributed by atoms with E-state index in [4.69, 9.17) is 39.5 Å². The van der Waals surface area contributed by atoms with Crippen LogP contribution in [0.25, 0.3) is 0 Å². The van der Waals surface area contributed by atoms with Crippen molar-refractivity contribution in [3.05, 3.63) is 80.6 Å². The standard InChI is InChI=1S/C30H35Cl3N4O2/c1-21-19-34-37(20-21)28(16-23-4-5-24(31)17-27(23)33)30(38)36-12-8-22(9-13-36)26-7-6-25(32)18-29(26)39-15-14-35-10-2-3-11-35/h4-7,17-20,22,28H,2-3,8-16H2,1H3/t28-/m1/s1. The third-order valence-electron chi connectivity index (χ3n) is 7.85. The number of rotatable bonds is 9. The minimum atomic E-state index is -0.478. The van der Waals surface area contributed by atoms with E-state index in [1.807, 2.05) is 36.2 Å². The zero-order valence-electron chi connectivity index (χ0n) is 22.3. The normalized spacial score (nSPS) is 17.5. The fourth-order valence-corrected chi connectivity index (χ4v) is 6.32. The van der Waals surface area contributed by atoms with Crippen LogP contribution in [0.15, 0.2) is 48.8 Å². The molecule has 0 saturated carbocycles. The molecule has 2 aliphatic heterocycles. The van der Waals surface area contributed by atoms with Crippen molar-refractivity contribution in [2.24, 2.45) is 0 Å². The fraction of sp³-hybridized carbons (Fsp3) is 0.467. The van der Waals surface area contributed by atoms with Crippen LogP contribution >= 0.6 is 34.8 Å². The number of ether oxygens (including phenoxy) is 1. The summed E-state index contributed by atoms with van der Waals surface area (Å²) in [6.45, 7) is 7.22. The molecule has 0 bridgehead atoms. The van der Waals surface area contributed by atoms with Gasteiger partial charge in [-0.15, -0.1) is 0 Å². The molecule has 6 nitrogen and oxygen atoms in total. The summed E-state index contributed by atoms with van der Waals surface area (Å²) >= 11 is 18.9. The van der Waals surface area contributed by atoms with E-state index in [1.165, 1.54) is 18.4 Å². The van der Waals surface area contributed by atoms with E-state index in [0.717, 1.165) is 49.4 Å².